The fourth-order valence-corrected chi connectivity index (χ4v) is 2.62. The number of aliphatic hydroxyl groups excluding tert-OH is 1. The van der Waals surface area contributed by atoms with Gasteiger partial charge < -0.3 is 10.4 Å². The average Bonchev–Trinajstić information content (AvgIpc) is 2.54. The Balaban J connectivity index is 2.03. The number of nitrogens with one attached hydrogen (secondary N) is 1. The minimum atomic E-state index is -0.602. The Bertz CT molecular complexity index is 694. The lowest BCUT2D eigenvalue weighted by Crippen LogP contribution is -2.21. The molecule has 0 aromatic heterocycles. The second-order valence-electron chi connectivity index (χ2n) is 6.92. The molecule has 1 atom stereocenters. The van der Waals surface area contributed by atoms with Crippen LogP contribution in [0.5, 0.6) is 0 Å². The monoisotopic (exact) mass is 328 g/mol. The van der Waals surface area contributed by atoms with E-state index in [9.17, 15) is 15.2 Å². The van der Waals surface area contributed by atoms with Gasteiger partial charge in [-0.15, -0.1) is 0 Å². The molecule has 0 aliphatic heterocycles. The molecule has 0 bridgehead atoms. The molecule has 1 unspecified atom stereocenters. The standard InChI is InChI=1S/C19H24N2O3/c1-19(2,3)16-10-9-14(11-17(16)21(23)24)12-20-13-18(22)15-7-5-4-6-8-15/h4-11,18,20,22H,12-13H2,1-3H3. The molecule has 5 nitrogen and oxygen atoms in total. The number of hydrogen-bond acceptors (Lipinski definition) is 4. The van der Waals surface area contributed by atoms with Gasteiger partial charge in [0, 0.05) is 24.7 Å². The molecule has 128 valence electrons. The molecule has 0 radical (unpaired) electrons. The van der Waals surface area contributed by atoms with E-state index in [4.69, 9.17) is 0 Å². The van der Waals surface area contributed by atoms with Crippen molar-refractivity contribution in [2.24, 2.45) is 0 Å². The maximum absolute atomic E-state index is 11.3. The highest BCUT2D eigenvalue weighted by Crippen LogP contribution is 2.31. The fourth-order valence-electron chi connectivity index (χ4n) is 2.62. The van der Waals surface area contributed by atoms with Crippen molar-refractivity contribution in [1.29, 1.82) is 0 Å². The van der Waals surface area contributed by atoms with Gasteiger partial charge in [-0.1, -0.05) is 63.2 Å². The minimum Gasteiger partial charge on any atom is -0.387 e. The van der Waals surface area contributed by atoms with Crippen molar-refractivity contribution in [2.45, 2.75) is 38.8 Å². The topological polar surface area (TPSA) is 75.4 Å². The maximum Gasteiger partial charge on any atom is 0.273 e. The Hall–Kier alpha value is -2.24. The largest absolute Gasteiger partial charge is 0.387 e. The Morgan fingerprint density at radius 2 is 1.83 bits per heavy atom. The summed E-state index contributed by atoms with van der Waals surface area (Å²) in [6, 6.07) is 14.7. The van der Waals surface area contributed by atoms with Gasteiger partial charge in [-0.2, -0.15) is 0 Å². The first kappa shape index (κ1) is 18.1. The zero-order valence-electron chi connectivity index (χ0n) is 14.3. The summed E-state index contributed by atoms with van der Waals surface area (Å²) in [5, 5.41) is 24.6. The van der Waals surface area contributed by atoms with E-state index in [0.717, 1.165) is 16.7 Å². The zero-order valence-corrected chi connectivity index (χ0v) is 14.3. The summed E-state index contributed by atoms with van der Waals surface area (Å²) in [5.41, 5.74) is 2.26. The molecule has 2 aromatic carbocycles. The van der Waals surface area contributed by atoms with Crippen molar-refractivity contribution < 1.29 is 10.0 Å². The van der Waals surface area contributed by atoms with E-state index in [1.165, 1.54) is 0 Å². The fraction of sp³-hybridized carbons (Fsp3) is 0.368. The zero-order chi connectivity index (χ0) is 17.7. The highest BCUT2D eigenvalue weighted by Gasteiger charge is 2.24. The number of nitrogens with zero attached hydrogens (tertiary/aromatic N) is 1. The number of rotatable bonds is 6. The third-order valence-corrected chi connectivity index (χ3v) is 3.92. The van der Waals surface area contributed by atoms with Gasteiger partial charge in [-0.05, 0) is 16.5 Å². The van der Waals surface area contributed by atoms with E-state index in [0.29, 0.717) is 13.1 Å². The lowest BCUT2D eigenvalue weighted by Gasteiger charge is -2.19. The molecule has 0 heterocycles. The van der Waals surface area contributed by atoms with Crippen LogP contribution < -0.4 is 5.32 Å². The van der Waals surface area contributed by atoms with E-state index in [-0.39, 0.29) is 16.0 Å². The van der Waals surface area contributed by atoms with Gasteiger partial charge in [0.25, 0.3) is 5.69 Å². The molecule has 0 fully saturated rings. The smallest absolute Gasteiger partial charge is 0.273 e. The van der Waals surface area contributed by atoms with Crippen molar-refractivity contribution in [3.8, 4) is 0 Å². The molecule has 0 saturated heterocycles. The van der Waals surface area contributed by atoms with Crippen molar-refractivity contribution in [2.75, 3.05) is 6.54 Å². The Morgan fingerprint density at radius 1 is 1.17 bits per heavy atom. The van der Waals surface area contributed by atoms with Crippen LogP contribution in [-0.4, -0.2) is 16.6 Å². The van der Waals surface area contributed by atoms with Crippen LogP contribution in [0.4, 0.5) is 5.69 Å². The molecule has 0 spiro atoms. The quantitative estimate of drug-likeness (QED) is 0.626. The molecule has 2 rings (SSSR count). The van der Waals surface area contributed by atoms with Crippen LogP contribution in [0.1, 0.15) is 43.6 Å². The van der Waals surface area contributed by atoms with E-state index >= 15 is 0 Å². The summed E-state index contributed by atoms with van der Waals surface area (Å²) in [4.78, 5) is 11.0. The SMILES string of the molecule is CC(C)(C)c1ccc(CNCC(O)c2ccccc2)cc1[N+](=O)[O-]. The highest BCUT2D eigenvalue weighted by molar-refractivity contribution is 5.47. The molecule has 2 N–H and O–H groups in total. The molecular formula is C19H24N2O3. The minimum absolute atomic E-state index is 0.144. The number of hydrogen-bond donors (Lipinski definition) is 2. The van der Waals surface area contributed by atoms with Crippen molar-refractivity contribution in [3.63, 3.8) is 0 Å². The van der Waals surface area contributed by atoms with Gasteiger partial charge >= 0.3 is 0 Å². The molecule has 0 saturated carbocycles. The first-order valence-electron chi connectivity index (χ1n) is 8.00. The van der Waals surface area contributed by atoms with Crippen LogP contribution in [0.25, 0.3) is 0 Å². The van der Waals surface area contributed by atoms with E-state index in [2.05, 4.69) is 5.32 Å². The van der Waals surface area contributed by atoms with Crippen LogP contribution in [0, 0.1) is 10.1 Å². The second kappa shape index (κ2) is 7.55. The van der Waals surface area contributed by atoms with Crippen LogP contribution >= 0.6 is 0 Å². The van der Waals surface area contributed by atoms with Gasteiger partial charge in [0.15, 0.2) is 0 Å². The summed E-state index contributed by atoms with van der Waals surface area (Å²) in [7, 11) is 0. The van der Waals surface area contributed by atoms with Crippen LogP contribution in [0.15, 0.2) is 48.5 Å². The lowest BCUT2D eigenvalue weighted by atomic mass is 9.85. The van der Waals surface area contributed by atoms with Gasteiger partial charge in [-0.3, -0.25) is 10.1 Å². The maximum atomic E-state index is 11.3. The normalized spacial score (nSPS) is 12.8. The third-order valence-electron chi connectivity index (χ3n) is 3.92. The van der Waals surface area contributed by atoms with Crippen molar-refractivity contribution >= 4 is 5.69 Å². The van der Waals surface area contributed by atoms with E-state index in [1.807, 2.05) is 63.2 Å². The van der Waals surface area contributed by atoms with Crippen LogP contribution in [-0.2, 0) is 12.0 Å². The van der Waals surface area contributed by atoms with Gasteiger partial charge in [0.1, 0.15) is 0 Å². The summed E-state index contributed by atoms with van der Waals surface area (Å²) in [6.07, 6.45) is -0.602. The first-order valence-corrected chi connectivity index (χ1v) is 8.00. The number of benzene rings is 2. The molecule has 5 heteroatoms. The number of nitro groups is 1. The highest BCUT2D eigenvalue weighted by atomic mass is 16.6. The summed E-state index contributed by atoms with van der Waals surface area (Å²) in [6.45, 7) is 6.74. The predicted octanol–water partition coefficient (Wildman–Crippen LogP) is 3.72. The molecule has 0 aliphatic carbocycles. The summed E-state index contributed by atoms with van der Waals surface area (Å²) in [5.74, 6) is 0. The molecule has 0 aliphatic rings. The first-order chi connectivity index (χ1) is 11.3. The molecular weight excluding hydrogens is 304 g/mol. The Morgan fingerprint density at radius 3 is 2.42 bits per heavy atom. The lowest BCUT2D eigenvalue weighted by molar-refractivity contribution is -0.386. The Labute approximate surface area is 142 Å². The van der Waals surface area contributed by atoms with E-state index in [1.54, 1.807) is 6.07 Å². The molecule has 0 amide bonds. The summed E-state index contributed by atoms with van der Waals surface area (Å²) >= 11 is 0. The Kier molecular flexibility index (Phi) is 5.70. The number of nitro benzene ring substituents is 1. The van der Waals surface area contributed by atoms with Crippen molar-refractivity contribution in [3.05, 3.63) is 75.3 Å². The summed E-state index contributed by atoms with van der Waals surface area (Å²) < 4.78 is 0. The van der Waals surface area contributed by atoms with Crippen molar-refractivity contribution in [1.82, 2.24) is 5.32 Å². The van der Waals surface area contributed by atoms with E-state index < -0.39 is 6.10 Å². The van der Waals surface area contributed by atoms with Gasteiger partial charge in [0.2, 0.25) is 0 Å². The number of aliphatic hydroxyl groups is 1. The van der Waals surface area contributed by atoms with Gasteiger partial charge in [0.05, 0.1) is 11.0 Å². The van der Waals surface area contributed by atoms with Gasteiger partial charge in [-0.25, -0.2) is 0 Å². The van der Waals surface area contributed by atoms with Crippen LogP contribution in [0.3, 0.4) is 0 Å². The molecule has 24 heavy (non-hydrogen) atoms. The second-order valence-corrected chi connectivity index (χ2v) is 6.92. The predicted molar refractivity (Wildman–Crippen MR) is 94.9 cm³/mol. The molecule has 2 aromatic rings. The average molecular weight is 328 g/mol. The van der Waals surface area contributed by atoms with Crippen LogP contribution in [0.2, 0.25) is 0 Å². The third kappa shape index (κ3) is 4.63.